The molecule has 2 fully saturated rings. The number of amides is 1. The third-order valence-electron chi connectivity index (χ3n) is 4.48. The van der Waals surface area contributed by atoms with Crippen molar-refractivity contribution in [2.75, 3.05) is 13.6 Å². The van der Waals surface area contributed by atoms with Crippen LogP contribution in [-0.4, -0.2) is 46.7 Å². The molecule has 0 aromatic carbocycles. The number of hydrogen-bond donors (Lipinski definition) is 2. The maximum atomic E-state index is 12.2. The summed E-state index contributed by atoms with van der Waals surface area (Å²) in [4.78, 5) is 24.9. The number of nitrogens with zero attached hydrogens (tertiary/aromatic N) is 1. The van der Waals surface area contributed by atoms with Gasteiger partial charge in [-0.05, 0) is 24.2 Å². The molecule has 2 N–H and O–H groups in total. The van der Waals surface area contributed by atoms with Crippen molar-refractivity contribution in [2.24, 2.45) is 23.2 Å². The summed E-state index contributed by atoms with van der Waals surface area (Å²) in [5, 5.41) is 18.3. The van der Waals surface area contributed by atoms with Crippen molar-refractivity contribution in [1.29, 1.82) is 0 Å². The van der Waals surface area contributed by atoms with Gasteiger partial charge in [0.05, 0.1) is 17.9 Å². The number of carboxylic acid groups (broad SMARTS) is 1. The Hall–Kier alpha value is -1.10. The fraction of sp³-hybridized carbons (Fsp3) is 0.846. The molecule has 0 saturated heterocycles. The number of rotatable bonds is 4. The summed E-state index contributed by atoms with van der Waals surface area (Å²) < 4.78 is 0. The van der Waals surface area contributed by atoms with Crippen molar-refractivity contribution in [3.8, 4) is 0 Å². The fourth-order valence-corrected chi connectivity index (χ4v) is 3.12. The van der Waals surface area contributed by atoms with Crippen molar-refractivity contribution in [1.82, 2.24) is 4.90 Å². The van der Waals surface area contributed by atoms with Crippen LogP contribution >= 0.6 is 0 Å². The second kappa shape index (κ2) is 4.23. The maximum absolute atomic E-state index is 12.2. The molecule has 2 rings (SSSR count). The predicted molar refractivity (Wildman–Crippen MR) is 64.8 cm³/mol. The zero-order chi connectivity index (χ0) is 13.7. The Balaban J connectivity index is 1.90. The molecular formula is C13H21NO4. The van der Waals surface area contributed by atoms with Gasteiger partial charge < -0.3 is 15.1 Å². The van der Waals surface area contributed by atoms with Gasteiger partial charge >= 0.3 is 5.97 Å². The molecular weight excluding hydrogens is 234 g/mol. The zero-order valence-electron chi connectivity index (χ0n) is 11.1. The van der Waals surface area contributed by atoms with Crippen molar-refractivity contribution < 1.29 is 19.8 Å². The molecule has 5 nitrogen and oxygen atoms in total. The van der Waals surface area contributed by atoms with Crippen molar-refractivity contribution in [2.45, 2.75) is 32.8 Å². The van der Waals surface area contributed by atoms with Gasteiger partial charge in [-0.2, -0.15) is 0 Å². The predicted octanol–water partition coefficient (Wildman–Crippen LogP) is 0.572. The Morgan fingerprint density at radius 3 is 2.22 bits per heavy atom. The van der Waals surface area contributed by atoms with Gasteiger partial charge in [0.15, 0.2) is 0 Å². The van der Waals surface area contributed by atoms with Gasteiger partial charge in [0.1, 0.15) is 0 Å². The third kappa shape index (κ3) is 2.11. The van der Waals surface area contributed by atoms with Gasteiger partial charge in [-0.3, -0.25) is 9.59 Å². The third-order valence-corrected chi connectivity index (χ3v) is 4.48. The van der Waals surface area contributed by atoms with E-state index < -0.39 is 23.2 Å². The monoisotopic (exact) mass is 255 g/mol. The van der Waals surface area contributed by atoms with Crippen LogP contribution in [0.4, 0.5) is 0 Å². The molecule has 1 amide bonds. The van der Waals surface area contributed by atoms with Crippen LogP contribution in [0.5, 0.6) is 0 Å². The molecule has 0 bridgehead atoms. The number of carbonyl (C=O) groups excluding carboxylic acids is 1. The number of carbonyl (C=O) groups is 2. The van der Waals surface area contributed by atoms with E-state index in [4.69, 9.17) is 5.11 Å². The van der Waals surface area contributed by atoms with Crippen LogP contribution in [0.1, 0.15) is 26.7 Å². The van der Waals surface area contributed by atoms with Crippen LogP contribution in [0.15, 0.2) is 0 Å². The van der Waals surface area contributed by atoms with E-state index in [1.807, 2.05) is 13.8 Å². The summed E-state index contributed by atoms with van der Waals surface area (Å²) in [5.41, 5.74) is -0.434. The van der Waals surface area contributed by atoms with Gasteiger partial charge in [-0.1, -0.05) is 13.8 Å². The second-order valence-electron chi connectivity index (χ2n) is 6.32. The van der Waals surface area contributed by atoms with E-state index in [9.17, 15) is 14.7 Å². The minimum absolute atomic E-state index is 0.0752. The SMILES string of the molecule is CN(CC1CC(O)C1)C(=O)C1C(C(=O)O)C1(C)C. The lowest BCUT2D eigenvalue weighted by molar-refractivity contribution is -0.142. The van der Waals surface area contributed by atoms with Crippen molar-refractivity contribution in [3.05, 3.63) is 0 Å². The maximum Gasteiger partial charge on any atom is 0.307 e. The minimum atomic E-state index is -0.884. The number of hydrogen-bond acceptors (Lipinski definition) is 3. The molecule has 18 heavy (non-hydrogen) atoms. The van der Waals surface area contributed by atoms with Gasteiger partial charge in [0, 0.05) is 13.6 Å². The number of carboxylic acids is 1. The topological polar surface area (TPSA) is 77.8 Å². The Morgan fingerprint density at radius 2 is 1.83 bits per heavy atom. The molecule has 0 aromatic heterocycles. The lowest BCUT2D eigenvalue weighted by atomic mass is 9.82. The van der Waals surface area contributed by atoms with Gasteiger partial charge in [0.2, 0.25) is 5.91 Å². The Labute approximate surface area is 107 Å². The first-order valence-corrected chi connectivity index (χ1v) is 6.41. The summed E-state index contributed by atoms with van der Waals surface area (Å²) >= 11 is 0. The fourth-order valence-electron chi connectivity index (χ4n) is 3.12. The Kier molecular flexibility index (Phi) is 3.13. The van der Waals surface area contributed by atoms with E-state index in [0.29, 0.717) is 12.5 Å². The Morgan fingerprint density at radius 1 is 1.28 bits per heavy atom. The van der Waals surface area contributed by atoms with Gasteiger partial charge in [0.25, 0.3) is 0 Å². The molecule has 0 heterocycles. The summed E-state index contributed by atoms with van der Waals surface area (Å²) in [6, 6.07) is 0. The quantitative estimate of drug-likeness (QED) is 0.770. The standard InChI is InChI=1S/C13H21NO4/c1-13(2)9(10(13)12(17)18)11(16)14(3)6-7-4-8(15)5-7/h7-10,15H,4-6H2,1-3H3,(H,17,18). The second-order valence-corrected chi connectivity index (χ2v) is 6.32. The van der Waals surface area contributed by atoms with E-state index in [1.54, 1.807) is 11.9 Å². The van der Waals surface area contributed by atoms with Gasteiger partial charge in [-0.25, -0.2) is 0 Å². The summed E-state index contributed by atoms with van der Waals surface area (Å²) in [6.45, 7) is 4.28. The first-order chi connectivity index (χ1) is 8.25. The number of aliphatic carboxylic acids is 1. The number of aliphatic hydroxyl groups is 1. The van der Waals surface area contributed by atoms with Crippen LogP contribution in [-0.2, 0) is 9.59 Å². The van der Waals surface area contributed by atoms with Crippen LogP contribution in [0, 0.1) is 23.2 Å². The molecule has 5 heteroatoms. The molecule has 2 aliphatic rings. The highest BCUT2D eigenvalue weighted by Crippen LogP contribution is 2.59. The summed E-state index contributed by atoms with van der Waals surface area (Å²) in [6.07, 6.45) is 1.27. The van der Waals surface area contributed by atoms with Crippen LogP contribution in [0.3, 0.4) is 0 Å². The molecule has 102 valence electrons. The lowest BCUT2D eigenvalue weighted by Crippen LogP contribution is -2.40. The molecule has 2 saturated carbocycles. The van der Waals surface area contributed by atoms with Gasteiger partial charge in [-0.15, -0.1) is 0 Å². The first-order valence-electron chi connectivity index (χ1n) is 6.41. The van der Waals surface area contributed by atoms with E-state index >= 15 is 0 Å². The molecule has 0 aliphatic heterocycles. The molecule has 2 aliphatic carbocycles. The molecule has 0 aromatic rings. The van der Waals surface area contributed by atoms with Crippen molar-refractivity contribution in [3.63, 3.8) is 0 Å². The Bertz CT molecular complexity index is 373. The first kappa shape index (κ1) is 13.3. The van der Waals surface area contributed by atoms with Crippen molar-refractivity contribution >= 4 is 11.9 Å². The molecule has 2 atom stereocenters. The average Bonchev–Trinajstić information content (AvgIpc) is 2.78. The summed E-state index contributed by atoms with van der Waals surface area (Å²) in [5.74, 6) is -1.55. The van der Waals surface area contributed by atoms with E-state index in [1.165, 1.54) is 0 Å². The van der Waals surface area contributed by atoms with E-state index in [0.717, 1.165) is 12.8 Å². The smallest absolute Gasteiger partial charge is 0.307 e. The van der Waals surface area contributed by atoms with E-state index in [2.05, 4.69) is 0 Å². The highest BCUT2D eigenvalue weighted by atomic mass is 16.4. The lowest BCUT2D eigenvalue weighted by Gasteiger charge is -2.34. The van der Waals surface area contributed by atoms with Crippen LogP contribution in [0.2, 0.25) is 0 Å². The normalized spacial score (nSPS) is 36.7. The number of aliphatic hydroxyl groups excluding tert-OH is 1. The largest absolute Gasteiger partial charge is 0.481 e. The van der Waals surface area contributed by atoms with Crippen LogP contribution in [0.25, 0.3) is 0 Å². The molecule has 2 unspecified atom stereocenters. The van der Waals surface area contributed by atoms with E-state index in [-0.39, 0.29) is 12.0 Å². The zero-order valence-corrected chi connectivity index (χ0v) is 11.1. The molecule has 0 radical (unpaired) electrons. The van der Waals surface area contributed by atoms with Crippen LogP contribution < -0.4 is 0 Å². The molecule has 0 spiro atoms. The average molecular weight is 255 g/mol. The highest BCUT2D eigenvalue weighted by molar-refractivity contribution is 5.91. The summed E-state index contributed by atoms with van der Waals surface area (Å²) in [7, 11) is 1.72. The highest BCUT2D eigenvalue weighted by Gasteiger charge is 2.66. The minimum Gasteiger partial charge on any atom is -0.481 e.